The van der Waals surface area contributed by atoms with Gasteiger partial charge in [0.05, 0.1) is 6.61 Å². The third kappa shape index (κ3) is 3.69. The van der Waals surface area contributed by atoms with Crippen molar-refractivity contribution < 1.29 is 4.74 Å². The average Bonchev–Trinajstić information content (AvgIpc) is 2.36. The minimum absolute atomic E-state index is 0.767. The Hall–Kier alpha value is -0.120. The topological polar surface area (TPSA) is 24.5 Å². The van der Waals surface area contributed by atoms with Crippen molar-refractivity contribution in [2.24, 2.45) is 0 Å². The van der Waals surface area contributed by atoms with E-state index in [2.05, 4.69) is 24.1 Å². The van der Waals surface area contributed by atoms with Crippen molar-refractivity contribution in [3.63, 3.8) is 0 Å². The number of fused-ring (bicyclic) bond motifs is 2. The minimum Gasteiger partial charge on any atom is -0.380 e. The van der Waals surface area contributed by atoms with Gasteiger partial charge in [0.1, 0.15) is 0 Å². The van der Waals surface area contributed by atoms with Crippen molar-refractivity contribution in [2.45, 2.75) is 70.5 Å². The molecule has 2 fully saturated rings. The average molecular weight is 254 g/mol. The van der Waals surface area contributed by atoms with E-state index < -0.39 is 0 Å². The fourth-order valence-corrected chi connectivity index (χ4v) is 3.67. The fourth-order valence-electron chi connectivity index (χ4n) is 3.67. The number of hydrogen-bond donors (Lipinski definition) is 1. The van der Waals surface area contributed by atoms with Crippen LogP contribution >= 0.6 is 0 Å². The van der Waals surface area contributed by atoms with E-state index in [4.69, 9.17) is 4.74 Å². The first kappa shape index (κ1) is 14.3. The molecule has 2 aliphatic rings. The van der Waals surface area contributed by atoms with Crippen LogP contribution in [0.5, 0.6) is 0 Å². The summed E-state index contributed by atoms with van der Waals surface area (Å²) in [7, 11) is 0. The van der Waals surface area contributed by atoms with Crippen LogP contribution in [0.25, 0.3) is 0 Å². The summed E-state index contributed by atoms with van der Waals surface area (Å²) in [6.45, 7) is 8.43. The zero-order valence-corrected chi connectivity index (χ0v) is 12.2. The lowest BCUT2D eigenvalue weighted by Crippen LogP contribution is -2.57. The van der Waals surface area contributed by atoms with Gasteiger partial charge >= 0.3 is 0 Å². The quantitative estimate of drug-likeness (QED) is 0.706. The van der Waals surface area contributed by atoms with E-state index in [9.17, 15) is 0 Å². The lowest BCUT2D eigenvalue weighted by molar-refractivity contribution is 0.00117. The molecule has 0 aliphatic carbocycles. The summed E-state index contributed by atoms with van der Waals surface area (Å²) in [5, 5.41) is 3.73. The Morgan fingerprint density at radius 3 is 2.50 bits per heavy atom. The van der Waals surface area contributed by atoms with Gasteiger partial charge in [-0.05, 0) is 45.6 Å². The molecule has 106 valence electrons. The molecule has 2 aliphatic heterocycles. The maximum atomic E-state index is 5.54. The highest BCUT2D eigenvalue weighted by molar-refractivity contribution is 4.94. The third-order valence-corrected chi connectivity index (χ3v) is 4.51. The summed E-state index contributed by atoms with van der Waals surface area (Å²) >= 11 is 0. The van der Waals surface area contributed by atoms with Crippen LogP contribution in [0, 0.1) is 0 Å². The van der Waals surface area contributed by atoms with E-state index in [1.54, 1.807) is 0 Å². The van der Waals surface area contributed by atoms with Gasteiger partial charge in [-0.3, -0.25) is 4.90 Å². The largest absolute Gasteiger partial charge is 0.380 e. The van der Waals surface area contributed by atoms with Crippen molar-refractivity contribution in [3.8, 4) is 0 Å². The number of rotatable bonds is 7. The molecule has 18 heavy (non-hydrogen) atoms. The molecule has 0 aromatic heterocycles. The van der Waals surface area contributed by atoms with Gasteiger partial charge in [-0.15, -0.1) is 0 Å². The molecule has 0 amide bonds. The van der Waals surface area contributed by atoms with Gasteiger partial charge in [0.2, 0.25) is 0 Å². The van der Waals surface area contributed by atoms with Gasteiger partial charge < -0.3 is 10.1 Å². The SMILES string of the molecule is CCCNC1CC2CCCC(C1)N2CCOCC. The van der Waals surface area contributed by atoms with Crippen molar-refractivity contribution in [2.75, 3.05) is 26.3 Å². The molecule has 0 spiro atoms. The molecule has 1 N–H and O–H groups in total. The number of hydrogen-bond acceptors (Lipinski definition) is 3. The molecule has 2 bridgehead atoms. The molecule has 0 saturated carbocycles. The Kier molecular flexibility index (Phi) is 5.93. The summed E-state index contributed by atoms with van der Waals surface area (Å²) in [4.78, 5) is 2.74. The van der Waals surface area contributed by atoms with Crippen molar-refractivity contribution in [1.29, 1.82) is 0 Å². The molecule has 0 aromatic rings. The summed E-state index contributed by atoms with van der Waals surface area (Å²) < 4.78 is 5.54. The fraction of sp³-hybridized carbons (Fsp3) is 1.00. The molecule has 2 atom stereocenters. The Bertz CT molecular complexity index is 221. The summed E-state index contributed by atoms with van der Waals surface area (Å²) in [5.41, 5.74) is 0. The molecule has 0 aromatic carbocycles. The molecule has 3 heteroatoms. The number of nitrogens with one attached hydrogen (secondary N) is 1. The molecule has 2 unspecified atom stereocenters. The molecular formula is C15H30N2O. The highest BCUT2D eigenvalue weighted by atomic mass is 16.5. The Labute approximate surface area is 112 Å². The van der Waals surface area contributed by atoms with Crippen LogP contribution in [0.15, 0.2) is 0 Å². The van der Waals surface area contributed by atoms with Crippen LogP contribution in [0.3, 0.4) is 0 Å². The molecule has 3 nitrogen and oxygen atoms in total. The van der Waals surface area contributed by atoms with Gasteiger partial charge in [0.15, 0.2) is 0 Å². The van der Waals surface area contributed by atoms with E-state index in [1.165, 1.54) is 45.1 Å². The van der Waals surface area contributed by atoms with Gasteiger partial charge in [0, 0.05) is 31.3 Å². The molecule has 2 rings (SSSR count). The standard InChI is InChI=1S/C15H30N2O/c1-3-8-16-13-11-14-6-5-7-15(12-13)17(14)9-10-18-4-2/h13-16H,3-12H2,1-2H3. The first-order valence-electron chi connectivity index (χ1n) is 7.92. The van der Waals surface area contributed by atoms with Crippen molar-refractivity contribution in [3.05, 3.63) is 0 Å². The second-order valence-electron chi connectivity index (χ2n) is 5.80. The lowest BCUT2D eigenvalue weighted by atomic mass is 9.81. The normalized spacial score (nSPS) is 32.7. The van der Waals surface area contributed by atoms with Gasteiger partial charge in [0.25, 0.3) is 0 Å². The van der Waals surface area contributed by atoms with Gasteiger partial charge in [-0.25, -0.2) is 0 Å². The Balaban J connectivity index is 1.82. The molecular weight excluding hydrogens is 224 g/mol. The second-order valence-corrected chi connectivity index (χ2v) is 5.80. The van der Waals surface area contributed by atoms with Crippen LogP contribution < -0.4 is 5.32 Å². The summed E-state index contributed by atoms with van der Waals surface area (Å²) in [6.07, 6.45) is 8.17. The van der Waals surface area contributed by atoms with Crippen LogP contribution in [0.4, 0.5) is 0 Å². The van der Waals surface area contributed by atoms with Crippen molar-refractivity contribution >= 4 is 0 Å². The van der Waals surface area contributed by atoms with Crippen LogP contribution in [-0.4, -0.2) is 49.3 Å². The van der Waals surface area contributed by atoms with E-state index in [1.807, 2.05) is 0 Å². The van der Waals surface area contributed by atoms with Crippen molar-refractivity contribution in [1.82, 2.24) is 10.2 Å². The summed E-state index contributed by atoms with van der Waals surface area (Å²) in [5.74, 6) is 0. The highest BCUT2D eigenvalue weighted by Gasteiger charge is 2.37. The van der Waals surface area contributed by atoms with Crippen LogP contribution in [0.1, 0.15) is 52.4 Å². The first-order chi connectivity index (χ1) is 8.85. The van der Waals surface area contributed by atoms with E-state index in [0.29, 0.717) is 0 Å². The summed E-state index contributed by atoms with van der Waals surface area (Å²) in [6, 6.07) is 2.39. The Morgan fingerprint density at radius 1 is 1.17 bits per heavy atom. The monoisotopic (exact) mass is 254 g/mol. The first-order valence-corrected chi connectivity index (χ1v) is 7.92. The number of nitrogens with zero attached hydrogens (tertiary/aromatic N) is 1. The maximum Gasteiger partial charge on any atom is 0.0593 e. The lowest BCUT2D eigenvalue weighted by Gasteiger charge is -2.49. The molecule has 2 heterocycles. The number of ether oxygens (including phenoxy) is 1. The van der Waals surface area contributed by atoms with E-state index in [0.717, 1.165) is 37.9 Å². The van der Waals surface area contributed by atoms with E-state index >= 15 is 0 Å². The number of piperidine rings is 2. The third-order valence-electron chi connectivity index (χ3n) is 4.51. The van der Waals surface area contributed by atoms with E-state index in [-0.39, 0.29) is 0 Å². The predicted octanol–water partition coefficient (Wildman–Crippen LogP) is 2.41. The zero-order chi connectivity index (χ0) is 12.8. The zero-order valence-electron chi connectivity index (χ0n) is 12.2. The predicted molar refractivity (Wildman–Crippen MR) is 75.9 cm³/mol. The van der Waals surface area contributed by atoms with Gasteiger partial charge in [-0.1, -0.05) is 13.3 Å². The molecule has 0 radical (unpaired) electrons. The van der Waals surface area contributed by atoms with Crippen LogP contribution in [0.2, 0.25) is 0 Å². The second kappa shape index (κ2) is 7.46. The highest BCUT2D eigenvalue weighted by Crippen LogP contribution is 2.33. The van der Waals surface area contributed by atoms with Gasteiger partial charge in [-0.2, -0.15) is 0 Å². The Morgan fingerprint density at radius 2 is 1.89 bits per heavy atom. The molecule has 2 saturated heterocycles. The maximum absolute atomic E-state index is 5.54. The minimum atomic E-state index is 0.767. The van der Waals surface area contributed by atoms with Crippen LogP contribution in [-0.2, 0) is 4.74 Å². The smallest absolute Gasteiger partial charge is 0.0593 e.